The predicted molar refractivity (Wildman–Crippen MR) is 148 cm³/mol. The number of amidine groups is 1. The summed E-state index contributed by atoms with van der Waals surface area (Å²) in [5.41, 5.74) is 2.93. The summed E-state index contributed by atoms with van der Waals surface area (Å²) in [5.74, 6) is 0.519. The van der Waals surface area contributed by atoms with Crippen molar-refractivity contribution in [2.45, 2.75) is 6.92 Å². The van der Waals surface area contributed by atoms with Gasteiger partial charge in [-0.25, -0.2) is 4.98 Å². The van der Waals surface area contributed by atoms with E-state index in [0.717, 1.165) is 16.8 Å². The number of thiazole rings is 1. The maximum Gasteiger partial charge on any atom is 0.280 e. The van der Waals surface area contributed by atoms with Crippen LogP contribution in [0.4, 0.5) is 10.8 Å². The Balaban J connectivity index is 1.43. The molecule has 0 bridgehead atoms. The molecule has 8 nitrogen and oxygen atoms in total. The number of carbonyl (C=O) groups excluding carboxylic acids is 1. The molecule has 2 aromatic carbocycles. The molecule has 1 fully saturated rings. The fourth-order valence-corrected chi connectivity index (χ4v) is 5.45. The molecule has 0 saturated carbocycles. The van der Waals surface area contributed by atoms with E-state index in [2.05, 4.69) is 16.6 Å². The Hall–Kier alpha value is -4.28. The lowest BCUT2D eigenvalue weighted by Crippen LogP contribution is -2.29. The lowest BCUT2D eigenvalue weighted by molar-refractivity contribution is -0.384. The van der Waals surface area contributed by atoms with Gasteiger partial charge in [0.05, 0.1) is 21.1 Å². The summed E-state index contributed by atoms with van der Waals surface area (Å²) in [6.45, 7) is 5.84. The van der Waals surface area contributed by atoms with Crippen LogP contribution in [0.25, 0.3) is 28.7 Å². The van der Waals surface area contributed by atoms with Crippen LogP contribution < -0.4 is 0 Å². The lowest BCUT2D eigenvalue weighted by Gasteiger charge is -2.11. The van der Waals surface area contributed by atoms with Gasteiger partial charge in [0.25, 0.3) is 11.6 Å². The van der Waals surface area contributed by atoms with Crippen LogP contribution in [0, 0.1) is 17.0 Å². The first-order valence-electron chi connectivity index (χ1n) is 11.2. The van der Waals surface area contributed by atoms with E-state index in [1.54, 1.807) is 43.3 Å². The molecule has 1 saturated heterocycles. The van der Waals surface area contributed by atoms with Gasteiger partial charge in [0.15, 0.2) is 5.17 Å². The first-order chi connectivity index (χ1) is 17.9. The molecule has 0 aliphatic carbocycles. The highest BCUT2D eigenvalue weighted by molar-refractivity contribution is 8.18. The molecule has 0 spiro atoms. The van der Waals surface area contributed by atoms with Gasteiger partial charge in [-0.15, -0.1) is 17.9 Å². The Bertz CT molecular complexity index is 1570. The van der Waals surface area contributed by atoms with Gasteiger partial charge >= 0.3 is 0 Å². The number of nitrogens with zero attached hydrogens (tertiary/aromatic N) is 4. The van der Waals surface area contributed by atoms with E-state index in [-0.39, 0.29) is 18.1 Å². The van der Waals surface area contributed by atoms with Crippen LogP contribution in [0.15, 0.2) is 93.0 Å². The molecule has 0 unspecified atom stereocenters. The zero-order valence-electron chi connectivity index (χ0n) is 19.7. The first-order valence-corrected chi connectivity index (χ1v) is 12.9. The van der Waals surface area contributed by atoms with Crippen molar-refractivity contribution in [3.63, 3.8) is 0 Å². The minimum Gasteiger partial charge on any atom is -0.456 e. The molecule has 0 radical (unpaired) electrons. The molecule has 1 aliphatic rings. The van der Waals surface area contributed by atoms with Crippen LogP contribution in [0.2, 0.25) is 0 Å². The van der Waals surface area contributed by atoms with E-state index >= 15 is 0 Å². The summed E-state index contributed by atoms with van der Waals surface area (Å²) in [4.78, 5) is 35.4. The van der Waals surface area contributed by atoms with Gasteiger partial charge in [-0.3, -0.25) is 19.8 Å². The third kappa shape index (κ3) is 5.16. The second kappa shape index (κ2) is 10.4. The number of aromatic nitrogens is 1. The zero-order chi connectivity index (χ0) is 25.9. The molecule has 0 N–H and O–H groups in total. The van der Waals surface area contributed by atoms with Crippen molar-refractivity contribution in [1.82, 2.24) is 9.88 Å². The standard InChI is InChI=1S/C27H20N4O4S2/c1-3-13-30-25(32)24(37-27(30)29-26-28-21(16-36-26)18-7-5-4-6-8-18)15-19-10-12-23(35-19)20-11-9-17(2)14-22(20)31(33)34/h3-12,14-16H,1,13H2,2H3/b24-15+,29-27+. The number of nitro benzene ring substituents is 1. The highest BCUT2D eigenvalue weighted by Gasteiger charge is 2.33. The number of amides is 1. The molecule has 2 aromatic heterocycles. The minimum atomic E-state index is -0.433. The smallest absolute Gasteiger partial charge is 0.280 e. The number of furan rings is 1. The normalized spacial score (nSPS) is 15.6. The third-order valence-electron chi connectivity index (χ3n) is 5.47. The molecule has 10 heteroatoms. The van der Waals surface area contributed by atoms with Crippen molar-refractivity contribution in [3.05, 3.63) is 105 Å². The van der Waals surface area contributed by atoms with Crippen molar-refractivity contribution in [3.8, 4) is 22.6 Å². The third-order valence-corrected chi connectivity index (χ3v) is 7.21. The second-order valence-electron chi connectivity index (χ2n) is 8.07. The fourth-order valence-electron chi connectivity index (χ4n) is 3.73. The highest BCUT2D eigenvalue weighted by Crippen LogP contribution is 2.37. The Morgan fingerprint density at radius 1 is 1.19 bits per heavy atom. The summed E-state index contributed by atoms with van der Waals surface area (Å²) in [5, 5.41) is 14.5. The van der Waals surface area contributed by atoms with Crippen LogP contribution >= 0.6 is 23.1 Å². The Labute approximate surface area is 220 Å². The summed E-state index contributed by atoms with van der Waals surface area (Å²) in [6.07, 6.45) is 3.25. The number of benzene rings is 2. The average Bonchev–Trinajstić information content (AvgIpc) is 3.62. The summed E-state index contributed by atoms with van der Waals surface area (Å²) in [7, 11) is 0. The summed E-state index contributed by atoms with van der Waals surface area (Å²) in [6, 6.07) is 18.1. The van der Waals surface area contributed by atoms with Crippen LogP contribution in [-0.2, 0) is 4.79 Å². The number of thioether (sulfide) groups is 1. The molecule has 1 aliphatic heterocycles. The molecule has 0 atom stereocenters. The number of nitro groups is 1. The van der Waals surface area contributed by atoms with Crippen LogP contribution in [0.1, 0.15) is 11.3 Å². The average molecular weight is 529 g/mol. The number of aryl methyl sites for hydroxylation is 1. The molecule has 3 heterocycles. The largest absolute Gasteiger partial charge is 0.456 e. The Kier molecular flexibility index (Phi) is 6.85. The van der Waals surface area contributed by atoms with Gasteiger partial charge in [0.2, 0.25) is 5.13 Å². The monoisotopic (exact) mass is 528 g/mol. The number of aliphatic imine (C=N–C) groups is 1. The van der Waals surface area contributed by atoms with Crippen molar-refractivity contribution < 1.29 is 14.1 Å². The number of carbonyl (C=O) groups is 1. The summed E-state index contributed by atoms with van der Waals surface area (Å²) < 4.78 is 5.88. The Morgan fingerprint density at radius 2 is 2.00 bits per heavy atom. The van der Waals surface area contributed by atoms with E-state index in [4.69, 9.17) is 4.42 Å². The summed E-state index contributed by atoms with van der Waals surface area (Å²) >= 11 is 2.61. The maximum atomic E-state index is 13.1. The molecule has 4 aromatic rings. The van der Waals surface area contributed by atoms with Crippen LogP contribution in [0.5, 0.6) is 0 Å². The quantitative estimate of drug-likeness (QED) is 0.110. The molecule has 37 heavy (non-hydrogen) atoms. The number of hydrogen-bond acceptors (Lipinski definition) is 8. The number of rotatable bonds is 7. The van der Waals surface area contributed by atoms with Crippen molar-refractivity contribution in [2.24, 2.45) is 4.99 Å². The van der Waals surface area contributed by atoms with Crippen molar-refractivity contribution in [1.29, 1.82) is 0 Å². The maximum absolute atomic E-state index is 13.1. The van der Waals surface area contributed by atoms with Gasteiger partial charge in [-0.05, 0) is 42.4 Å². The highest BCUT2D eigenvalue weighted by atomic mass is 32.2. The molecular weight excluding hydrogens is 508 g/mol. The second-order valence-corrected chi connectivity index (χ2v) is 9.92. The van der Waals surface area contributed by atoms with Gasteiger partial charge in [0, 0.05) is 29.6 Å². The number of hydrogen-bond donors (Lipinski definition) is 0. The van der Waals surface area contributed by atoms with Crippen molar-refractivity contribution >= 4 is 51.1 Å². The molecular formula is C27H20N4O4S2. The van der Waals surface area contributed by atoms with Crippen LogP contribution in [0.3, 0.4) is 0 Å². The fraction of sp³-hybridized carbons (Fsp3) is 0.0741. The molecule has 184 valence electrons. The van der Waals surface area contributed by atoms with E-state index in [0.29, 0.717) is 32.3 Å². The van der Waals surface area contributed by atoms with E-state index in [1.807, 2.05) is 35.7 Å². The van der Waals surface area contributed by atoms with Crippen molar-refractivity contribution in [2.75, 3.05) is 6.54 Å². The van der Waals surface area contributed by atoms with Gasteiger partial charge in [0.1, 0.15) is 11.5 Å². The SMILES string of the molecule is C=CCN1C(=O)/C(=C\c2ccc(-c3ccc(C)cc3[N+](=O)[O-])o2)S/C1=N/c1nc(-c2ccccc2)cs1. The topological polar surface area (TPSA) is 102 Å². The Morgan fingerprint density at radius 3 is 2.76 bits per heavy atom. The lowest BCUT2D eigenvalue weighted by atomic mass is 10.1. The molecule has 5 rings (SSSR count). The minimum absolute atomic E-state index is 0.0373. The van der Waals surface area contributed by atoms with E-state index < -0.39 is 4.92 Å². The first kappa shape index (κ1) is 24.4. The van der Waals surface area contributed by atoms with Gasteiger partial charge < -0.3 is 4.42 Å². The van der Waals surface area contributed by atoms with Crippen LogP contribution in [-0.4, -0.2) is 32.4 Å². The zero-order valence-corrected chi connectivity index (χ0v) is 21.3. The van der Waals surface area contributed by atoms with E-state index in [1.165, 1.54) is 34.1 Å². The molecule has 1 amide bonds. The van der Waals surface area contributed by atoms with Gasteiger partial charge in [-0.1, -0.05) is 42.5 Å². The van der Waals surface area contributed by atoms with E-state index in [9.17, 15) is 14.9 Å². The van der Waals surface area contributed by atoms with Gasteiger partial charge in [-0.2, -0.15) is 4.99 Å². The predicted octanol–water partition coefficient (Wildman–Crippen LogP) is 7.08.